The lowest BCUT2D eigenvalue weighted by Gasteiger charge is -2.15. The van der Waals surface area contributed by atoms with Gasteiger partial charge in [-0.3, -0.25) is 4.98 Å². The highest BCUT2D eigenvalue weighted by atomic mass is 32.1. The number of pyridine rings is 1. The van der Waals surface area contributed by atoms with Crippen molar-refractivity contribution in [1.29, 1.82) is 0 Å². The fourth-order valence-corrected chi connectivity index (χ4v) is 3.54. The van der Waals surface area contributed by atoms with Crippen molar-refractivity contribution in [2.75, 3.05) is 0 Å². The van der Waals surface area contributed by atoms with Crippen LogP contribution in [0, 0.1) is 6.92 Å². The Balaban J connectivity index is 2.08. The molecular formula is C13H15N3S. The molecule has 1 atom stereocenters. The maximum atomic E-state index is 6.11. The van der Waals surface area contributed by atoms with Crippen molar-refractivity contribution in [2.45, 2.75) is 32.2 Å². The lowest BCUT2D eigenvalue weighted by Crippen LogP contribution is -2.16. The molecule has 1 unspecified atom stereocenters. The molecule has 2 aromatic rings. The molecule has 0 aromatic carbocycles. The Hall–Kier alpha value is -1.26. The van der Waals surface area contributed by atoms with E-state index in [1.807, 2.05) is 18.5 Å². The van der Waals surface area contributed by atoms with E-state index in [1.54, 1.807) is 11.3 Å². The summed E-state index contributed by atoms with van der Waals surface area (Å²) >= 11 is 1.79. The molecule has 1 aliphatic rings. The first-order valence-electron chi connectivity index (χ1n) is 5.92. The van der Waals surface area contributed by atoms with Gasteiger partial charge >= 0.3 is 0 Å². The van der Waals surface area contributed by atoms with Crippen LogP contribution in [0.2, 0.25) is 0 Å². The van der Waals surface area contributed by atoms with E-state index in [-0.39, 0.29) is 6.04 Å². The van der Waals surface area contributed by atoms with Gasteiger partial charge in [0.25, 0.3) is 0 Å². The van der Waals surface area contributed by atoms with Crippen LogP contribution in [0.3, 0.4) is 0 Å². The predicted octanol–water partition coefficient (Wildman–Crippen LogP) is 2.85. The van der Waals surface area contributed by atoms with Crippen molar-refractivity contribution in [2.24, 2.45) is 5.73 Å². The molecule has 1 aliphatic carbocycles. The van der Waals surface area contributed by atoms with Crippen LogP contribution in [0.25, 0.3) is 10.6 Å². The summed E-state index contributed by atoms with van der Waals surface area (Å²) in [5.41, 5.74) is 9.59. The topological polar surface area (TPSA) is 51.8 Å². The highest BCUT2D eigenvalue weighted by molar-refractivity contribution is 7.15. The minimum Gasteiger partial charge on any atom is -0.323 e. The van der Waals surface area contributed by atoms with Crippen molar-refractivity contribution in [3.8, 4) is 10.6 Å². The van der Waals surface area contributed by atoms with E-state index in [0.29, 0.717) is 0 Å². The van der Waals surface area contributed by atoms with E-state index in [1.165, 1.54) is 22.4 Å². The Morgan fingerprint density at radius 2 is 2.35 bits per heavy atom. The first kappa shape index (κ1) is 10.9. The standard InChI is InChI=1S/C13H15N3S/c1-8-7-15-6-5-9(8)13-16-12-10(14)3-2-4-11(12)17-13/h5-7,10H,2-4,14H2,1H3. The molecule has 0 bridgehead atoms. The van der Waals surface area contributed by atoms with Crippen molar-refractivity contribution >= 4 is 11.3 Å². The minimum atomic E-state index is 0.130. The van der Waals surface area contributed by atoms with Crippen molar-refractivity contribution in [3.05, 3.63) is 34.6 Å². The van der Waals surface area contributed by atoms with Crippen LogP contribution in [0.5, 0.6) is 0 Å². The monoisotopic (exact) mass is 245 g/mol. The van der Waals surface area contributed by atoms with E-state index >= 15 is 0 Å². The maximum Gasteiger partial charge on any atom is 0.124 e. The van der Waals surface area contributed by atoms with Gasteiger partial charge in [0.2, 0.25) is 0 Å². The molecule has 2 N–H and O–H groups in total. The summed E-state index contributed by atoms with van der Waals surface area (Å²) in [6.07, 6.45) is 7.08. The molecule has 3 nitrogen and oxygen atoms in total. The Morgan fingerprint density at radius 1 is 1.47 bits per heavy atom. The summed E-state index contributed by atoms with van der Waals surface area (Å²) in [7, 11) is 0. The zero-order valence-electron chi connectivity index (χ0n) is 9.81. The number of thiazole rings is 1. The molecule has 2 aromatic heterocycles. The number of nitrogens with zero attached hydrogens (tertiary/aromatic N) is 2. The fraction of sp³-hybridized carbons (Fsp3) is 0.385. The van der Waals surface area contributed by atoms with Crippen LogP contribution in [0.1, 0.15) is 35.0 Å². The van der Waals surface area contributed by atoms with Gasteiger partial charge in [0.15, 0.2) is 0 Å². The Kier molecular flexibility index (Phi) is 2.68. The average Bonchev–Trinajstić information content (AvgIpc) is 2.75. The molecular weight excluding hydrogens is 230 g/mol. The van der Waals surface area contributed by atoms with Gasteiger partial charge in [0.1, 0.15) is 5.01 Å². The molecule has 0 radical (unpaired) electrons. The zero-order chi connectivity index (χ0) is 11.8. The lowest BCUT2D eigenvalue weighted by molar-refractivity contribution is 0.564. The first-order chi connectivity index (χ1) is 8.25. The van der Waals surface area contributed by atoms with E-state index < -0.39 is 0 Å². The Morgan fingerprint density at radius 3 is 3.12 bits per heavy atom. The molecule has 0 aliphatic heterocycles. The summed E-state index contributed by atoms with van der Waals surface area (Å²) in [5, 5.41) is 1.09. The second kappa shape index (κ2) is 4.20. The highest BCUT2D eigenvalue weighted by Crippen LogP contribution is 2.36. The smallest absolute Gasteiger partial charge is 0.124 e. The molecule has 4 heteroatoms. The number of hydrogen-bond acceptors (Lipinski definition) is 4. The van der Waals surface area contributed by atoms with Crippen molar-refractivity contribution < 1.29 is 0 Å². The first-order valence-corrected chi connectivity index (χ1v) is 6.73. The van der Waals surface area contributed by atoms with Gasteiger partial charge in [-0.2, -0.15) is 0 Å². The van der Waals surface area contributed by atoms with Gasteiger partial charge in [0, 0.05) is 28.9 Å². The Labute approximate surface area is 105 Å². The lowest BCUT2D eigenvalue weighted by atomic mass is 9.99. The van der Waals surface area contributed by atoms with E-state index in [9.17, 15) is 0 Å². The van der Waals surface area contributed by atoms with E-state index in [2.05, 4.69) is 11.9 Å². The van der Waals surface area contributed by atoms with Gasteiger partial charge in [-0.05, 0) is 37.8 Å². The molecule has 3 rings (SSSR count). The minimum absolute atomic E-state index is 0.130. The fourth-order valence-electron chi connectivity index (χ4n) is 2.28. The molecule has 0 saturated carbocycles. The summed E-state index contributed by atoms with van der Waals surface area (Å²) < 4.78 is 0. The molecule has 2 heterocycles. The van der Waals surface area contributed by atoms with Crippen LogP contribution >= 0.6 is 11.3 Å². The SMILES string of the molecule is Cc1cnccc1-c1nc2c(s1)CCCC2N. The van der Waals surface area contributed by atoms with Crippen LogP contribution in [-0.2, 0) is 6.42 Å². The molecule has 0 spiro atoms. The van der Waals surface area contributed by atoms with Crippen molar-refractivity contribution in [3.63, 3.8) is 0 Å². The number of aromatic nitrogens is 2. The second-order valence-corrected chi connectivity index (χ2v) is 5.60. The average molecular weight is 245 g/mol. The summed E-state index contributed by atoms with van der Waals surface area (Å²) in [6.45, 7) is 2.07. The Bertz CT molecular complexity index is 547. The van der Waals surface area contributed by atoms with Gasteiger partial charge in [-0.25, -0.2) is 4.98 Å². The van der Waals surface area contributed by atoms with Gasteiger partial charge < -0.3 is 5.73 Å². The van der Waals surface area contributed by atoms with E-state index in [4.69, 9.17) is 10.7 Å². The summed E-state index contributed by atoms with van der Waals surface area (Å²) in [5.74, 6) is 0. The summed E-state index contributed by atoms with van der Waals surface area (Å²) in [6, 6.07) is 2.16. The molecule has 88 valence electrons. The number of hydrogen-bond donors (Lipinski definition) is 1. The van der Waals surface area contributed by atoms with Crippen LogP contribution in [0.15, 0.2) is 18.5 Å². The number of fused-ring (bicyclic) bond motifs is 1. The van der Waals surface area contributed by atoms with Crippen LogP contribution in [-0.4, -0.2) is 9.97 Å². The normalized spacial score (nSPS) is 19.1. The van der Waals surface area contributed by atoms with Crippen LogP contribution in [0.4, 0.5) is 0 Å². The van der Waals surface area contributed by atoms with Gasteiger partial charge in [-0.15, -0.1) is 11.3 Å². The quantitative estimate of drug-likeness (QED) is 0.840. The third-order valence-corrected chi connectivity index (χ3v) is 4.41. The zero-order valence-corrected chi connectivity index (χ0v) is 10.6. The number of nitrogens with two attached hydrogens (primary N) is 1. The third kappa shape index (κ3) is 1.87. The van der Waals surface area contributed by atoms with Crippen LogP contribution < -0.4 is 5.73 Å². The third-order valence-electron chi connectivity index (χ3n) is 3.25. The van der Waals surface area contributed by atoms with Gasteiger partial charge in [-0.1, -0.05) is 0 Å². The van der Waals surface area contributed by atoms with E-state index in [0.717, 1.165) is 23.5 Å². The molecule has 17 heavy (non-hydrogen) atoms. The largest absolute Gasteiger partial charge is 0.323 e. The van der Waals surface area contributed by atoms with Crippen molar-refractivity contribution in [1.82, 2.24) is 9.97 Å². The van der Waals surface area contributed by atoms with Gasteiger partial charge in [0.05, 0.1) is 5.69 Å². The maximum absolute atomic E-state index is 6.11. The predicted molar refractivity (Wildman–Crippen MR) is 69.9 cm³/mol. The second-order valence-electron chi connectivity index (χ2n) is 4.52. The molecule has 0 saturated heterocycles. The molecule has 0 fully saturated rings. The number of rotatable bonds is 1. The number of aryl methyl sites for hydroxylation is 2. The highest BCUT2D eigenvalue weighted by Gasteiger charge is 2.22. The molecule has 0 amide bonds. The summed E-state index contributed by atoms with van der Waals surface area (Å²) in [4.78, 5) is 10.2.